The molecular formula is C32H26N4O4S3. The minimum atomic E-state index is -0.466. The Morgan fingerprint density at radius 1 is 0.907 bits per heavy atom. The first-order valence-electron chi connectivity index (χ1n) is 13.0. The smallest absolute Gasteiger partial charge is 0.272 e. The lowest BCUT2D eigenvalue weighted by Gasteiger charge is -2.12. The highest BCUT2D eigenvalue weighted by Gasteiger charge is 2.16. The summed E-state index contributed by atoms with van der Waals surface area (Å²) in [7, 11) is 1.61. The maximum absolute atomic E-state index is 13.3. The highest BCUT2D eigenvalue weighted by atomic mass is 32.2. The molecule has 3 amide bonds. The number of hydrogen-bond donors (Lipinski definition) is 3. The zero-order valence-electron chi connectivity index (χ0n) is 22.9. The molecule has 0 aliphatic rings. The van der Waals surface area contributed by atoms with Gasteiger partial charge < -0.3 is 20.7 Å². The minimum Gasteiger partial charge on any atom is -0.496 e. The van der Waals surface area contributed by atoms with Gasteiger partial charge in [0.1, 0.15) is 11.4 Å². The molecule has 0 saturated heterocycles. The van der Waals surface area contributed by atoms with Crippen LogP contribution in [-0.2, 0) is 9.59 Å². The van der Waals surface area contributed by atoms with Gasteiger partial charge in [0.25, 0.3) is 11.8 Å². The number of ether oxygens (including phenoxy) is 1. The van der Waals surface area contributed by atoms with Gasteiger partial charge in [0.15, 0.2) is 5.13 Å². The normalized spacial score (nSPS) is 11.0. The predicted octanol–water partition coefficient (Wildman–Crippen LogP) is 7.02. The standard InChI is InChI=1S/C32H26N4O4S3/c1-40-28-15-6-5-14-25(28)27-19-43-32(35-27)36-29(37)20-42-23-12-7-11-22(17-23)33-31(39)26(18-24-13-8-16-41-24)34-30(38)21-9-3-2-4-10-21/h2-19H,20H2,1H3,(H,33,39)(H,34,38)(H,35,36,37)/b26-18-. The fourth-order valence-corrected chi connectivity index (χ4v) is 6.07. The van der Waals surface area contributed by atoms with Crippen LogP contribution in [0.1, 0.15) is 15.2 Å². The van der Waals surface area contributed by atoms with Gasteiger partial charge in [0, 0.05) is 32.0 Å². The SMILES string of the molecule is COc1ccccc1-c1csc(NC(=O)CSc2cccc(NC(=O)/C(=C/c3cccs3)NC(=O)c3ccccc3)c2)n1. The summed E-state index contributed by atoms with van der Waals surface area (Å²) >= 11 is 4.12. The summed E-state index contributed by atoms with van der Waals surface area (Å²) in [5.74, 6) is -0.195. The number of amides is 3. The van der Waals surface area contributed by atoms with E-state index in [9.17, 15) is 14.4 Å². The number of anilines is 2. The lowest BCUT2D eigenvalue weighted by molar-refractivity contribution is -0.114. The number of thiazole rings is 1. The number of benzene rings is 3. The number of nitrogens with zero attached hydrogens (tertiary/aromatic N) is 1. The molecule has 0 aliphatic heterocycles. The van der Waals surface area contributed by atoms with Crippen LogP contribution in [0.4, 0.5) is 10.8 Å². The molecule has 0 bridgehead atoms. The Kier molecular flexibility index (Phi) is 10.0. The van der Waals surface area contributed by atoms with Gasteiger partial charge in [-0.05, 0) is 60.0 Å². The van der Waals surface area contributed by atoms with E-state index in [0.717, 1.165) is 21.0 Å². The lowest BCUT2D eigenvalue weighted by atomic mass is 10.1. The second-order valence-electron chi connectivity index (χ2n) is 8.95. The molecule has 0 radical (unpaired) electrons. The Morgan fingerprint density at radius 3 is 2.51 bits per heavy atom. The van der Waals surface area contributed by atoms with E-state index in [2.05, 4.69) is 20.9 Å². The van der Waals surface area contributed by atoms with E-state index in [0.29, 0.717) is 22.1 Å². The van der Waals surface area contributed by atoms with Gasteiger partial charge in [-0.1, -0.05) is 42.5 Å². The molecule has 11 heteroatoms. The number of thiophene rings is 1. The van der Waals surface area contributed by atoms with E-state index in [1.165, 1.54) is 34.4 Å². The van der Waals surface area contributed by atoms with Gasteiger partial charge >= 0.3 is 0 Å². The molecular weight excluding hydrogens is 601 g/mol. The Balaban J connectivity index is 1.20. The number of thioether (sulfide) groups is 1. The van der Waals surface area contributed by atoms with Crippen molar-refractivity contribution in [1.82, 2.24) is 10.3 Å². The third kappa shape index (κ3) is 8.19. The van der Waals surface area contributed by atoms with Crippen molar-refractivity contribution in [3.8, 4) is 17.0 Å². The van der Waals surface area contributed by atoms with Crippen molar-refractivity contribution in [3.63, 3.8) is 0 Å². The van der Waals surface area contributed by atoms with Crippen LogP contribution in [0.2, 0.25) is 0 Å². The number of para-hydroxylation sites is 1. The van der Waals surface area contributed by atoms with Gasteiger partial charge in [-0.25, -0.2) is 4.98 Å². The second-order valence-corrected chi connectivity index (χ2v) is 11.8. The Morgan fingerprint density at radius 2 is 1.72 bits per heavy atom. The zero-order valence-corrected chi connectivity index (χ0v) is 25.4. The fourth-order valence-electron chi connectivity index (χ4n) is 3.94. The molecule has 0 atom stereocenters. The third-order valence-electron chi connectivity index (χ3n) is 5.95. The number of carbonyl (C=O) groups is 3. The van der Waals surface area contributed by atoms with Gasteiger partial charge in [0.2, 0.25) is 5.91 Å². The molecule has 0 aliphatic carbocycles. The van der Waals surface area contributed by atoms with Crippen LogP contribution in [0.3, 0.4) is 0 Å². The van der Waals surface area contributed by atoms with Crippen LogP contribution in [0, 0.1) is 0 Å². The number of hydrogen-bond acceptors (Lipinski definition) is 8. The summed E-state index contributed by atoms with van der Waals surface area (Å²) in [6.45, 7) is 0. The largest absolute Gasteiger partial charge is 0.496 e. The van der Waals surface area contributed by atoms with Crippen LogP contribution in [-0.4, -0.2) is 35.6 Å². The molecule has 5 rings (SSSR count). The summed E-state index contributed by atoms with van der Waals surface area (Å²) in [5.41, 5.74) is 2.66. The van der Waals surface area contributed by atoms with Crippen molar-refractivity contribution >= 4 is 69.1 Å². The molecule has 3 N–H and O–H groups in total. The topological polar surface area (TPSA) is 109 Å². The third-order valence-corrected chi connectivity index (χ3v) is 8.52. The molecule has 43 heavy (non-hydrogen) atoms. The van der Waals surface area contributed by atoms with E-state index in [4.69, 9.17) is 4.74 Å². The number of aromatic nitrogens is 1. The van der Waals surface area contributed by atoms with Crippen molar-refractivity contribution in [2.24, 2.45) is 0 Å². The molecule has 8 nitrogen and oxygen atoms in total. The van der Waals surface area contributed by atoms with Gasteiger partial charge in [-0.3, -0.25) is 14.4 Å². The molecule has 0 unspecified atom stereocenters. The first-order valence-corrected chi connectivity index (χ1v) is 15.8. The first-order chi connectivity index (χ1) is 21.0. The quantitative estimate of drug-likeness (QED) is 0.107. The first kappa shape index (κ1) is 29.8. The summed E-state index contributed by atoms with van der Waals surface area (Å²) in [6.07, 6.45) is 1.64. The maximum atomic E-state index is 13.3. The van der Waals surface area contributed by atoms with Crippen LogP contribution in [0.25, 0.3) is 17.3 Å². The fraction of sp³-hybridized carbons (Fsp3) is 0.0625. The number of nitrogens with one attached hydrogen (secondary N) is 3. The van der Waals surface area contributed by atoms with Crippen LogP contribution in [0.5, 0.6) is 5.75 Å². The number of methoxy groups -OCH3 is 1. The van der Waals surface area contributed by atoms with Gasteiger partial charge in [-0.15, -0.1) is 34.4 Å². The Bertz CT molecular complexity index is 1750. The van der Waals surface area contributed by atoms with E-state index in [1.807, 2.05) is 59.3 Å². The van der Waals surface area contributed by atoms with Crippen LogP contribution in [0.15, 0.2) is 112 Å². The second kappa shape index (κ2) is 14.5. The highest BCUT2D eigenvalue weighted by molar-refractivity contribution is 8.00. The molecule has 0 spiro atoms. The van der Waals surface area contributed by atoms with E-state index in [-0.39, 0.29) is 23.3 Å². The molecule has 5 aromatic rings. The monoisotopic (exact) mass is 626 g/mol. The average Bonchev–Trinajstić information content (AvgIpc) is 3.73. The van der Waals surface area contributed by atoms with Crippen molar-refractivity contribution in [2.45, 2.75) is 4.90 Å². The lowest BCUT2D eigenvalue weighted by Crippen LogP contribution is -2.30. The van der Waals surface area contributed by atoms with Crippen molar-refractivity contribution in [3.05, 3.63) is 118 Å². The van der Waals surface area contributed by atoms with Gasteiger partial charge in [0.05, 0.1) is 18.6 Å². The Labute approximate surface area is 260 Å². The predicted molar refractivity (Wildman–Crippen MR) is 175 cm³/mol. The van der Waals surface area contributed by atoms with Gasteiger partial charge in [-0.2, -0.15) is 0 Å². The Hall–Kier alpha value is -4.71. The van der Waals surface area contributed by atoms with Crippen LogP contribution < -0.4 is 20.7 Å². The summed E-state index contributed by atoms with van der Waals surface area (Å²) < 4.78 is 5.41. The molecule has 3 aromatic carbocycles. The van der Waals surface area contributed by atoms with E-state index >= 15 is 0 Å². The summed E-state index contributed by atoms with van der Waals surface area (Å²) in [5, 5.41) is 12.7. The van der Waals surface area contributed by atoms with Crippen molar-refractivity contribution < 1.29 is 19.1 Å². The van der Waals surface area contributed by atoms with Crippen LogP contribution >= 0.6 is 34.4 Å². The molecule has 2 heterocycles. The number of rotatable bonds is 11. The van der Waals surface area contributed by atoms with Crippen molar-refractivity contribution in [1.29, 1.82) is 0 Å². The molecule has 2 aromatic heterocycles. The van der Waals surface area contributed by atoms with Crippen molar-refractivity contribution in [2.75, 3.05) is 23.5 Å². The number of carbonyl (C=O) groups excluding carboxylic acids is 3. The molecule has 0 fully saturated rings. The van der Waals surface area contributed by atoms with E-state index < -0.39 is 5.91 Å². The maximum Gasteiger partial charge on any atom is 0.272 e. The molecule has 216 valence electrons. The molecule has 0 saturated carbocycles. The van der Waals surface area contributed by atoms with E-state index in [1.54, 1.807) is 55.7 Å². The summed E-state index contributed by atoms with van der Waals surface area (Å²) in [6, 6.07) is 27.2. The summed E-state index contributed by atoms with van der Waals surface area (Å²) in [4.78, 5) is 44.9. The minimum absolute atomic E-state index is 0.115. The zero-order chi connectivity index (χ0) is 30.0. The highest BCUT2D eigenvalue weighted by Crippen LogP contribution is 2.32. The average molecular weight is 627 g/mol.